The summed E-state index contributed by atoms with van der Waals surface area (Å²) in [6, 6.07) is 15.8. The van der Waals surface area contributed by atoms with Gasteiger partial charge in [0.2, 0.25) is 0 Å². The summed E-state index contributed by atoms with van der Waals surface area (Å²) in [7, 11) is 0. The van der Waals surface area contributed by atoms with Crippen LogP contribution in [0.5, 0.6) is 5.75 Å². The van der Waals surface area contributed by atoms with E-state index in [9.17, 15) is 0 Å². The Hall–Kier alpha value is -2.84. The lowest BCUT2D eigenvalue weighted by Crippen LogP contribution is -2.24. The molecule has 2 aromatic carbocycles. The Kier molecular flexibility index (Phi) is 5.09. The van der Waals surface area contributed by atoms with Crippen LogP contribution in [0.4, 0.5) is 5.69 Å². The third kappa shape index (κ3) is 4.12. The molecule has 0 amide bonds. The fourth-order valence-electron chi connectivity index (χ4n) is 2.83. The second kappa shape index (κ2) is 7.62. The lowest BCUT2D eigenvalue weighted by Gasteiger charge is -2.09. The molecule has 0 radical (unpaired) electrons. The summed E-state index contributed by atoms with van der Waals surface area (Å²) in [4.78, 5) is 4.43. The number of hydrogen-bond acceptors (Lipinski definition) is 4. The normalized spacial score (nSPS) is 17.3. The van der Waals surface area contributed by atoms with Crippen molar-refractivity contribution in [2.24, 2.45) is 10.7 Å². The van der Waals surface area contributed by atoms with Gasteiger partial charge in [-0.25, -0.2) is 5.32 Å². The molecule has 5 heteroatoms. The number of amidine groups is 1. The number of para-hydroxylation sites is 1. The lowest BCUT2D eigenvalue weighted by molar-refractivity contribution is 0.531. The van der Waals surface area contributed by atoms with Crippen molar-refractivity contribution < 1.29 is 4.74 Å². The van der Waals surface area contributed by atoms with Crippen molar-refractivity contribution in [2.75, 3.05) is 0 Å². The topological polar surface area (TPSA) is 83.4 Å². The molecule has 0 bridgehead atoms. The van der Waals surface area contributed by atoms with E-state index in [1.54, 1.807) is 0 Å². The van der Waals surface area contributed by atoms with Crippen molar-refractivity contribution in [3.05, 3.63) is 59.7 Å². The highest BCUT2D eigenvalue weighted by Gasteiger charge is 2.13. The molecule has 0 aliphatic heterocycles. The number of nitrogens with two attached hydrogens (primary N) is 1. The van der Waals surface area contributed by atoms with Crippen LogP contribution in [0.15, 0.2) is 53.5 Å². The van der Waals surface area contributed by atoms with Gasteiger partial charge < -0.3 is 10.5 Å². The number of benzene rings is 2. The number of nitrogens with zero attached hydrogens (tertiary/aromatic N) is 2. The Labute approximate surface area is 141 Å². The fourth-order valence-corrected chi connectivity index (χ4v) is 2.83. The molecule has 5 nitrogen and oxygen atoms in total. The summed E-state index contributed by atoms with van der Waals surface area (Å²) < 4.78 is 5.64. The largest absolute Gasteiger partial charge is 0.425 e. The van der Waals surface area contributed by atoms with Crippen LogP contribution in [0.2, 0.25) is 0 Å². The maximum atomic E-state index is 8.92. The number of hydrogen-bond donors (Lipinski definition) is 2. The van der Waals surface area contributed by atoms with E-state index in [1.165, 1.54) is 11.1 Å². The first-order valence-corrected chi connectivity index (χ1v) is 8.08. The first-order chi connectivity index (χ1) is 11.7. The van der Waals surface area contributed by atoms with E-state index in [4.69, 9.17) is 15.7 Å². The Morgan fingerprint density at radius 2 is 1.88 bits per heavy atom. The third-order valence-electron chi connectivity index (χ3n) is 4.11. The minimum atomic E-state index is 0.161. The van der Waals surface area contributed by atoms with Gasteiger partial charge in [-0.3, -0.25) is 0 Å². The third-order valence-corrected chi connectivity index (χ3v) is 4.11. The predicted molar refractivity (Wildman–Crippen MR) is 94.0 cm³/mol. The summed E-state index contributed by atoms with van der Waals surface area (Å²) >= 11 is 0. The average molecular weight is 320 g/mol. The Bertz CT molecular complexity index is 765. The molecule has 24 heavy (non-hydrogen) atoms. The van der Waals surface area contributed by atoms with Crippen LogP contribution in [-0.2, 0) is 12.8 Å². The SMILES string of the molecule is N#CNC(=Nc1ccc2c(c1)CCC(N)CC2)Oc1ccccc1. The van der Waals surface area contributed by atoms with Gasteiger partial charge in [0.05, 0.1) is 5.69 Å². The molecule has 122 valence electrons. The number of nitriles is 1. The molecule has 0 spiro atoms. The standard InChI is InChI=1S/C19H20N4O/c20-13-22-19(24-18-4-2-1-3-5-18)23-17-11-8-14-6-9-16(21)10-7-15(14)12-17/h1-5,8,11-12,16H,6-7,9-10,21H2,(H,22,23). The van der Waals surface area contributed by atoms with Gasteiger partial charge in [0, 0.05) is 6.04 Å². The van der Waals surface area contributed by atoms with Crippen LogP contribution in [0, 0.1) is 11.5 Å². The minimum absolute atomic E-state index is 0.161. The molecule has 1 atom stereocenters. The quantitative estimate of drug-likeness (QED) is 0.293. The number of rotatable bonds is 2. The summed E-state index contributed by atoms with van der Waals surface area (Å²) in [5.41, 5.74) is 9.44. The lowest BCUT2D eigenvalue weighted by atomic mass is 10.0. The van der Waals surface area contributed by atoms with Gasteiger partial charge in [-0.2, -0.15) is 10.3 Å². The fraction of sp³-hybridized carbons (Fsp3) is 0.263. The molecule has 0 heterocycles. The van der Waals surface area contributed by atoms with E-state index in [0.717, 1.165) is 31.4 Å². The molecule has 2 aromatic rings. The Morgan fingerprint density at radius 3 is 2.62 bits per heavy atom. The van der Waals surface area contributed by atoms with Gasteiger partial charge in [0.1, 0.15) is 5.75 Å². The molecule has 1 aliphatic rings. The van der Waals surface area contributed by atoms with E-state index in [1.807, 2.05) is 42.6 Å². The highest BCUT2D eigenvalue weighted by molar-refractivity contribution is 5.80. The van der Waals surface area contributed by atoms with Gasteiger partial charge in [-0.1, -0.05) is 24.3 Å². The highest BCUT2D eigenvalue weighted by atomic mass is 16.5. The summed E-state index contributed by atoms with van der Waals surface area (Å²) in [5.74, 6) is 0.625. The molecular weight excluding hydrogens is 300 g/mol. The van der Waals surface area contributed by atoms with Crippen LogP contribution in [0.1, 0.15) is 24.0 Å². The summed E-state index contributed by atoms with van der Waals surface area (Å²) in [6.45, 7) is 0. The van der Waals surface area contributed by atoms with Crippen LogP contribution in [0.3, 0.4) is 0 Å². The minimum Gasteiger partial charge on any atom is -0.425 e. The van der Waals surface area contributed by atoms with Crippen LogP contribution in [-0.4, -0.2) is 12.1 Å². The zero-order chi connectivity index (χ0) is 16.8. The van der Waals surface area contributed by atoms with E-state index < -0.39 is 0 Å². The summed E-state index contributed by atoms with van der Waals surface area (Å²) in [5, 5.41) is 11.4. The number of nitrogens with one attached hydrogen (secondary N) is 1. The molecule has 0 saturated carbocycles. The molecule has 3 rings (SSSR count). The van der Waals surface area contributed by atoms with Crippen LogP contribution < -0.4 is 15.8 Å². The smallest absolute Gasteiger partial charge is 0.309 e. The highest BCUT2D eigenvalue weighted by Crippen LogP contribution is 2.25. The molecule has 0 saturated heterocycles. The Morgan fingerprint density at radius 1 is 1.12 bits per heavy atom. The number of aryl methyl sites for hydroxylation is 2. The van der Waals surface area contributed by atoms with Crippen molar-refractivity contribution in [1.82, 2.24) is 5.32 Å². The Balaban J connectivity index is 1.83. The zero-order valence-corrected chi connectivity index (χ0v) is 13.4. The zero-order valence-electron chi connectivity index (χ0n) is 13.4. The van der Waals surface area contributed by atoms with Crippen LogP contribution in [0.25, 0.3) is 0 Å². The predicted octanol–water partition coefficient (Wildman–Crippen LogP) is 3.03. The van der Waals surface area contributed by atoms with Gasteiger partial charge in [0.15, 0.2) is 6.19 Å². The van der Waals surface area contributed by atoms with Crippen molar-refractivity contribution in [1.29, 1.82) is 5.26 Å². The van der Waals surface area contributed by atoms with Gasteiger partial charge in [-0.15, -0.1) is 0 Å². The first kappa shape index (κ1) is 16.0. The second-order valence-corrected chi connectivity index (χ2v) is 5.86. The van der Waals surface area contributed by atoms with Crippen molar-refractivity contribution in [2.45, 2.75) is 31.7 Å². The monoisotopic (exact) mass is 320 g/mol. The van der Waals surface area contributed by atoms with Gasteiger partial charge in [0.25, 0.3) is 0 Å². The molecule has 3 N–H and O–H groups in total. The molecule has 0 aromatic heterocycles. The number of fused-ring (bicyclic) bond motifs is 1. The molecule has 0 fully saturated rings. The number of ether oxygens (including phenoxy) is 1. The maximum absolute atomic E-state index is 8.92. The van der Waals surface area contributed by atoms with E-state index >= 15 is 0 Å². The first-order valence-electron chi connectivity index (χ1n) is 8.08. The van der Waals surface area contributed by atoms with E-state index in [0.29, 0.717) is 5.75 Å². The summed E-state index contributed by atoms with van der Waals surface area (Å²) in [6.07, 6.45) is 5.84. The molecular formula is C19H20N4O. The molecule has 1 aliphatic carbocycles. The van der Waals surface area contributed by atoms with Crippen molar-refractivity contribution in [3.63, 3.8) is 0 Å². The molecule has 1 unspecified atom stereocenters. The van der Waals surface area contributed by atoms with E-state index in [-0.39, 0.29) is 12.1 Å². The number of aliphatic imine (C=N–C) groups is 1. The van der Waals surface area contributed by atoms with E-state index in [2.05, 4.69) is 22.4 Å². The van der Waals surface area contributed by atoms with Gasteiger partial charge in [-0.05, 0) is 61.1 Å². The van der Waals surface area contributed by atoms with Crippen LogP contribution >= 0.6 is 0 Å². The van der Waals surface area contributed by atoms with Gasteiger partial charge >= 0.3 is 6.02 Å². The second-order valence-electron chi connectivity index (χ2n) is 5.86. The van der Waals surface area contributed by atoms with Crippen molar-refractivity contribution in [3.8, 4) is 11.9 Å². The average Bonchev–Trinajstić information content (AvgIpc) is 2.78. The maximum Gasteiger partial charge on any atom is 0.309 e. The van der Waals surface area contributed by atoms with Crippen molar-refractivity contribution >= 4 is 11.7 Å².